The Morgan fingerprint density at radius 3 is 2.47 bits per heavy atom. The average Bonchev–Trinajstić information content (AvgIpc) is 3.03. The number of allylic oxidation sites excluding steroid dienone is 3. The minimum Gasteiger partial charge on any atom is -0.0993 e. The third-order valence-electron chi connectivity index (χ3n) is 4.68. The van der Waals surface area contributed by atoms with E-state index in [1.165, 1.54) is 36.8 Å². The van der Waals surface area contributed by atoms with E-state index in [4.69, 9.17) is 0 Å². The molecule has 0 aromatic heterocycles. The molecule has 0 N–H and O–H groups in total. The minimum atomic E-state index is 0.679. The molecule has 0 bridgehead atoms. The zero-order valence-electron chi connectivity index (χ0n) is 12.4. The van der Waals surface area contributed by atoms with Crippen molar-refractivity contribution in [3.63, 3.8) is 0 Å². The van der Waals surface area contributed by atoms with E-state index in [2.05, 4.69) is 47.3 Å². The van der Waals surface area contributed by atoms with Crippen molar-refractivity contribution in [2.24, 2.45) is 23.7 Å². The van der Waals surface area contributed by atoms with Crippen LogP contribution in [0, 0.1) is 23.7 Å². The smallest absolute Gasteiger partial charge is 0.0201 e. The molecule has 0 aliphatic heterocycles. The van der Waals surface area contributed by atoms with Gasteiger partial charge >= 0.3 is 0 Å². The Morgan fingerprint density at radius 1 is 1.41 bits per heavy atom. The van der Waals surface area contributed by atoms with E-state index in [1.54, 1.807) is 0 Å². The Balaban J connectivity index is 2.32. The van der Waals surface area contributed by atoms with E-state index in [0.717, 1.165) is 17.8 Å². The van der Waals surface area contributed by atoms with Crippen LogP contribution in [0.15, 0.2) is 23.8 Å². The fraction of sp³-hybridized carbons (Fsp3) is 0.765. The molecule has 0 spiro atoms. The van der Waals surface area contributed by atoms with Crippen molar-refractivity contribution >= 4 is 0 Å². The molecule has 0 nitrogen and oxygen atoms in total. The van der Waals surface area contributed by atoms with Gasteiger partial charge in [-0.15, -0.1) is 0 Å². The molecular formula is C17H30. The van der Waals surface area contributed by atoms with Gasteiger partial charge in [0.25, 0.3) is 0 Å². The van der Waals surface area contributed by atoms with Gasteiger partial charge in [0.05, 0.1) is 0 Å². The van der Waals surface area contributed by atoms with E-state index in [-0.39, 0.29) is 0 Å². The summed E-state index contributed by atoms with van der Waals surface area (Å²) in [5.41, 5.74) is 3.01. The average molecular weight is 234 g/mol. The van der Waals surface area contributed by atoms with Crippen molar-refractivity contribution in [2.75, 3.05) is 0 Å². The Hall–Kier alpha value is -0.520. The van der Waals surface area contributed by atoms with Crippen LogP contribution in [0.4, 0.5) is 0 Å². The molecule has 1 aliphatic rings. The molecule has 0 aromatic carbocycles. The highest BCUT2D eigenvalue weighted by atomic mass is 14.4. The summed E-state index contributed by atoms with van der Waals surface area (Å²) in [6, 6.07) is 0. The van der Waals surface area contributed by atoms with E-state index in [0.29, 0.717) is 5.92 Å². The van der Waals surface area contributed by atoms with Crippen molar-refractivity contribution in [1.29, 1.82) is 0 Å². The van der Waals surface area contributed by atoms with Crippen LogP contribution in [0.3, 0.4) is 0 Å². The van der Waals surface area contributed by atoms with Crippen molar-refractivity contribution < 1.29 is 0 Å². The third-order valence-corrected chi connectivity index (χ3v) is 4.68. The van der Waals surface area contributed by atoms with Gasteiger partial charge in [-0.1, -0.05) is 51.5 Å². The molecule has 4 atom stereocenters. The molecule has 98 valence electrons. The van der Waals surface area contributed by atoms with Crippen LogP contribution < -0.4 is 0 Å². The summed E-state index contributed by atoms with van der Waals surface area (Å²) >= 11 is 0. The van der Waals surface area contributed by atoms with Crippen LogP contribution >= 0.6 is 0 Å². The highest BCUT2D eigenvalue weighted by molar-refractivity contribution is 5.10. The van der Waals surface area contributed by atoms with Crippen LogP contribution in [0.25, 0.3) is 0 Å². The lowest BCUT2D eigenvalue weighted by atomic mass is 9.85. The van der Waals surface area contributed by atoms with Crippen molar-refractivity contribution in [3.8, 4) is 0 Å². The highest BCUT2D eigenvalue weighted by Crippen LogP contribution is 2.47. The molecule has 0 heterocycles. The quantitative estimate of drug-likeness (QED) is 0.502. The second-order valence-electron chi connectivity index (χ2n) is 6.12. The van der Waals surface area contributed by atoms with Crippen molar-refractivity contribution in [2.45, 2.75) is 60.3 Å². The minimum absolute atomic E-state index is 0.679. The van der Waals surface area contributed by atoms with Gasteiger partial charge in [0.1, 0.15) is 0 Å². The largest absolute Gasteiger partial charge is 0.0993 e. The molecule has 1 fully saturated rings. The Morgan fingerprint density at radius 2 is 2.00 bits per heavy atom. The molecule has 4 unspecified atom stereocenters. The lowest BCUT2D eigenvalue weighted by Crippen LogP contribution is -2.09. The summed E-state index contributed by atoms with van der Waals surface area (Å²) in [6.45, 7) is 15.9. The fourth-order valence-corrected chi connectivity index (χ4v) is 2.68. The third kappa shape index (κ3) is 4.33. The zero-order valence-corrected chi connectivity index (χ0v) is 12.4. The first-order chi connectivity index (χ1) is 7.97. The molecule has 1 aliphatic carbocycles. The van der Waals surface area contributed by atoms with Crippen molar-refractivity contribution in [1.82, 2.24) is 0 Å². The van der Waals surface area contributed by atoms with Gasteiger partial charge in [0.15, 0.2) is 0 Å². The normalized spacial score (nSPS) is 27.7. The van der Waals surface area contributed by atoms with E-state index in [1.807, 2.05) is 0 Å². The maximum atomic E-state index is 4.35. The Bertz CT molecular complexity index is 284. The lowest BCUT2D eigenvalue weighted by molar-refractivity contribution is 0.474. The molecule has 17 heavy (non-hydrogen) atoms. The first-order valence-corrected chi connectivity index (χ1v) is 7.31. The van der Waals surface area contributed by atoms with E-state index < -0.39 is 0 Å². The van der Waals surface area contributed by atoms with Gasteiger partial charge in [-0.2, -0.15) is 0 Å². The molecule has 1 saturated carbocycles. The maximum absolute atomic E-state index is 4.35. The number of hydrogen-bond acceptors (Lipinski definition) is 0. The predicted octanol–water partition coefficient (Wildman–Crippen LogP) is 5.61. The molecule has 0 heteroatoms. The summed E-state index contributed by atoms with van der Waals surface area (Å²) in [4.78, 5) is 0. The second kappa shape index (κ2) is 6.42. The first kappa shape index (κ1) is 14.5. The van der Waals surface area contributed by atoms with Crippen LogP contribution in [0.2, 0.25) is 0 Å². The van der Waals surface area contributed by atoms with E-state index >= 15 is 0 Å². The Kier molecular flexibility index (Phi) is 5.49. The summed E-state index contributed by atoms with van der Waals surface area (Å²) in [7, 11) is 0. The SMILES string of the molecule is C=C(C(C)CCC=C(C)CC)C(C)C1CC1C. The lowest BCUT2D eigenvalue weighted by Gasteiger charge is -2.21. The Labute approximate surface area is 108 Å². The summed E-state index contributed by atoms with van der Waals surface area (Å²) in [5.74, 6) is 3.28. The summed E-state index contributed by atoms with van der Waals surface area (Å²) in [5, 5.41) is 0. The molecule has 1 rings (SSSR count). The van der Waals surface area contributed by atoms with Crippen molar-refractivity contribution in [3.05, 3.63) is 23.8 Å². The number of hydrogen-bond donors (Lipinski definition) is 0. The molecular weight excluding hydrogens is 204 g/mol. The molecule has 0 radical (unpaired) electrons. The van der Waals surface area contributed by atoms with E-state index in [9.17, 15) is 0 Å². The van der Waals surface area contributed by atoms with Gasteiger partial charge in [0.2, 0.25) is 0 Å². The number of rotatable bonds is 7. The maximum Gasteiger partial charge on any atom is -0.0201 e. The molecule has 0 amide bonds. The van der Waals surface area contributed by atoms with Crippen LogP contribution in [-0.4, -0.2) is 0 Å². The summed E-state index contributed by atoms with van der Waals surface area (Å²) < 4.78 is 0. The van der Waals surface area contributed by atoms with Gasteiger partial charge in [-0.3, -0.25) is 0 Å². The van der Waals surface area contributed by atoms with Gasteiger partial charge in [-0.05, 0) is 56.3 Å². The van der Waals surface area contributed by atoms with Gasteiger partial charge in [-0.25, -0.2) is 0 Å². The van der Waals surface area contributed by atoms with Crippen LogP contribution in [0.5, 0.6) is 0 Å². The van der Waals surface area contributed by atoms with Gasteiger partial charge in [0, 0.05) is 0 Å². The van der Waals surface area contributed by atoms with Crippen LogP contribution in [0.1, 0.15) is 60.3 Å². The second-order valence-corrected chi connectivity index (χ2v) is 6.12. The first-order valence-electron chi connectivity index (χ1n) is 7.31. The predicted molar refractivity (Wildman–Crippen MR) is 78.0 cm³/mol. The molecule has 0 aromatic rings. The standard InChI is InChI=1S/C17H30/c1-7-12(2)9-8-10-13(3)15(5)16(6)17-11-14(17)4/h9,13-14,16-17H,5,7-8,10-11H2,1-4,6H3. The topological polar surface area (TPSA) is 0 Å². The summed E-state index contributed by atoms with van der Waals surface area (Å²) in [6.07, 6.45) is 7.48. The monoisotopic (exact) mass is 234 g/mol. The highest BCUT2D eigenvalue weighted by Gasteiger charge is 2.38. The molecule has 0 saturated heterocycles. The van der Waals surface area contributed by atoms with Gasteiger partial charge < -0.3 is 0 Å². The zero-order chi connectivity index (χ0) is 13.0. The fourth-order valence-electron chi connectivity index (χ4n) is 2.68. The van der Waals surface area contributed by atoms with Crippen LogP contribution in [-0.2, 0) is 0 Å².